The second-order valence-electron chi connectivity index (χ2n) is 6.19. The van der Waals surface area contributed by atoms with Crippen LogP contribution >= 0.6 is 11.3 Å². The first-order chi connectivity index (χ1) is 10.2. The summed E-state index contributed by atoms with van der Waals surface area (Å²) in [6, 6.07) is 16.4. The fourth-order valence-corrected chi connectivity index (χ4v) is 3.79. The molecule has 2 unspecified atom stereocenters. The molecule has 1 aromatic heterocycles. The van der Waals surface area contributed by atoms with Crippen molar-refractivity contribution in [2.75, 3.05) is 13.1 Å². The van der Waals surface area contributed by atoms with Crippen LogP contribution in [0.3, 0.4) is 0 Å². The molecule has 0 amide bonds. The Morgan fingerprint density at radius 1 is 1.19 bits per heavy atom. The maximum atomic E-state index is 3.74. The van der Waals surface area contributed by atoms with Crippen molar-refractivity contribution in [3.8, 4) is 0 Å². The first-order valence-electron chi connectivity index (χ1n) is 7.79. The van der Waals surface area contributed by atoms with E-state index < -0.39 is 0 Å². The largest absolute Gasteiger partial charge is 0.311 e. The van der Waals surface area contributed by atoms with Crippen molar-refractivity contribution in [2.45, 2.75) is 32.5 Å². The van der Waals surface area contributed by atoms with E-state index in [1.165, 1.54) is 10.4 Å². The second-order valence-corrected chi connectivity index (χ2v) is 7.23. The Morgan fingerprint density at radius 3 is 2.67 bits per heavy atom. The van der Waals surface area contributed by atoms with Crippen LogP contribution in [0.2, 0.25) is 0 Å². The molecule has 1 saturated heterocycles. The number of thiophene rings is 1. The molecule has 1 aromatic carbocycles. The lowest BCUT2D eigenvalue weighted by Gasteiger charge is -2.42. The number of nitrogens with zero attached hydrogens (tertiary/aromatic N) is 1. The van der Waals surface area contributed by atoms with Gasteiger partial charge in [0.1, 0.15) is 0 Å². The van der Waals surface area contributed by atoms with Crippen LogP contribution in [0.1, 0.15) is 30.3 Å². The van der Waals surface area contributed by atoms with E-state index in [2.05, 4.69) is 71.9 Å². The predicted octanol–water partition coefficient (Wildman–Crippen LogP) is 3.92. The topological polar surface area (TPSA) is 15.3 Å². The lowest BCUT2D eigenvalue weighted by molar-refractivity contribution is 0.107. The van der Waals surface area contributed by atoms with Crippen molar-refractivity contribution in [3.05, 3.63) is 58.3 Å². The molecule has 3 rings (SSSR count). The summed E-state index contributed by atoms with van der Waals surface area (Å²) < 4.78 is 0. The number of hydrogen-bond donors (Lipinski definition) is 1. The Labute approximate surface area is 131 Å². The van der Waals surface area contributed by atoms with Crippen LogP contribution in [0.15, 0.2) is 47.8 Å². The highest BCUT2D eigenvalue weighted by atomic mass is 32.1. The van der Waals surface area contributed by atoms with Crippen LogP contribution in [0.25, 0.3) is 0 Å². The Hall–Kier alpha value is -1.16. The van der Waals surface area contributed by atoms with Gasteiger partial charge < -0.3 is 5.32 Å². The molecule has 1 fully saturated rings. The minimum absolute atomic E-state index is 0.475. The number of hydrogen-bond acceptors (Lipinski definition) is 3. The van der Waals surface area contributed by atoms with Crippen molar-refractivity contribution < 1.29 is 0 Å². The number of rotatable bonds is 4. The molecule has 1 aliphatic rings. The summed E-state index contributed by atoms with van der Waals surface area (Å²) in [5, 5.41) is 5.91. The molecule has 1 aliphatic heterocycles. The van der Waals surface area contributed by atoms with Gasteiger partial charge in [0.25, 0.3) is 0 Å². The minimum atomic E-state index is 0.475. The summed E-state index contributed by atoms with van der Waals surface area (Å²) in [6.07, 6.45) is 0. The molecule has 0 saturated carbocycles. The van der Waals surface area contributed by atoms with Crippen LogP contribution < -0.4 is 5.32 Å². The molecule has 3 heteroatoms. The molecular formula is C18H24N2S. The van der Waals surface area contributed by atoms with Gasteiger partial charge in [-0.1, -0.05) is 50.2 Å². The number of nitrogens with one attached hydrogen (secondary N) is 1. The highest BCUT2D eigenvalue weighted by molar-refractivity contribution is 7.09. The molecule has 0 aliphatic carbocycles. The number of piperazine rings is 1. The van der Waals surface area contributed by atoms with Crippen molar-refractivity contribution >= 4 is 11.3 Å². The molecular weight excluding hydrogens is 276 g/mol. The van der Waals surface area contributed by atoms with E-state index in [1.807, 2.05) is 11.3 Å². The molecule has 2 nitrogen and oxygen atoms in total. The molecule has 1 N–H and O–H groups in total. The van der Waals surface area contributed by atoms with Gasteiger partial charge in [-0.15, -0.1) is 11.3 Å². The van der Waals surface area contributed by atoms with Crippen LogP contribution in [0.5, 0.6) is 0 Å². The standard InChI is InChI=1S/C18H24N2S/c1-14(2)17-13-20(12-16-9-6-10-21-16)18(11-19-17)15-7-4-3-5-8-15/h3-10,14,17-19H,11-13H2,1-2H3. The van der Waals surface area contributed by atoms with Crippen molar-refractivity contribution in [3.63, 3.8) is 0 Å². The highest BCUT2D eigenvalue weighted by Crippen LogP contribution is 2.28. The van der Waals surface area contributed by atoms with E-state index in [0.29, 0.717) is 18.0 Å². The average molecular weight is 300 g/mol. The molecule has 0 spiro atoms. The normalized spacial score (nSPS) is 23.6. The molecule has 2 aromatic rings. The minimum Gasteiger partial charge on any atom is -0.311 e. The van der Waals surface area contributed by atoms with Crippen molar-refractivity contribution in [1.82, 2.24) is 10.2 Å². The third-order valence-electron chi connectivity index (χ3n) is 4.37. The van der Waals surface area contributed by atoms with Crippen molar-refractivity contribution in [1.29, 1.82) is 0 Å². The van der Waals surface area contributed by atoms with Gasteiger partial charge in [0.05, 0.1) is 0 Å². The Balaban J connectivity index is 1.80. The van der Waals surface area contributed by atoms with Gasteiger partial charge in [-0.2, -0.15) is 0 Å². The van der Waals surface area contributed by atoms with Crippen LogP contribution in [0.4, 0.5) is 0 Å². The van der Waals surface area contributed by atoms with Gasteiger partial charge in [-0.3, -0.25) is 4.90 Å². The molecule has 0 radical (unpaired) electrons. The van der Waals surface area contributed by atoms with Crippen molar-refractivity contribution in [2.24, 2.45) is 5.92 Å². The summed E-state index contributed by atoms with van der Waals surface area (Å²) >= 11 is 1.86. The van der Waals surface area contributed by atoms with E-state index in [1.54, 1.807) is 0 Å². The van der Waals surface area contributed by atoms with Gasteiger partial charge in [0, 0.05) is 36.6 Å². The zero-order valence-electron chi connectivity index (χ0n) is 12.8. The highest BCUT2D eigenvalue weighted by Gasteiger charge is 2.30. The van der Waals surface area contributed by atoms with E-state index in [0.717, 1.165) is 19.6 Å². The van der Waals surface area contributed by atoms with Gasteiger partial charge in [-0.25, -0.2) is 0 Å². The van der Waals surface area contributed by atoms with Crippen LogP contribution in [-0.2, 0) is 6.54 Å². The Morgan fingerprint density at radius 2 is 2.00 bits per heavy atom. The van der Waals surface area contributed by atoms with E-state index in [-0.39, 0.29) is 0 Å². The Kier molecular flexibility index (Phi) is 4.73. The maximum absolute atomic E-state index is 3.74. The zero-order chi connectivity index (χ0) is 14.7. The SMILES string of the molecule is CC(C)C1CN(Cc2cccs2)C(c2ccccc2)CN1. The third kappa shape index (κ3) is 3.54. The quantitative estimate of drug-likeness (QED) is 0.920. The molecule has 0 bridgehead atoms. The predicted molar refractivity (Wildman–Crippen MR) is 90.5 cm³/mol. The smallest absolute Gasteiger partial charge is 0.0477 e. The summed E-state index contributed by atoms with van der Waals surface area (Å²) in [5.41, 5.74) is 1.42. The van der Waals surface area contributed by atoms with Crippen LogP contribution in [-0.4, -0.2) is 24.0 Å². The summed E-state index contributed by atoms with van der Waals surface area (Å²) in [7, 11) is 0. The monoisotopic (exact) mass is 300 g/mol. The third-order valence-corrected chi connectivity index (χ3v) is 5.23. The first-order valence-corrected chi connectivity index (χ1v) is 8.67. The van der Waals surface area contributed by atoms with Gasteiger partial charge in [0.2, 0.25) is 0 Å². The Bertz CT molecular complexity index is 536. The van der Waals surface area contributed by atoms with E-state index >= 15 is 0 Å². The fourth-order valence-electron chi connectivity index (χ4n) is 3.06. The molecule has 2 atom stereocenters. The average Bonchev–Trinajstić information content (AvgIpc) is 3.01. The molecule has 2 heterocycles. The zero-order valence-corrected chi connectivity index (χ0v) is 13.6. The molecule has 112 valence electrons. The van der Waals surface area contributed by atoms with Gasteiger partial charge in [-0.05, 0) is 22.9 Å². The summed E-state index contributed by atoms with van der Waals surface area (Å²) in [4.78, 5) is 4.10. The van der Waals surface area contributed by atoms with E-state index in [4.69, 9.17) is 0 Å². The second kappa shape index (κ2) is 6.73. The fraction of sp³-hybridized carbons (Fsp3) is 0.444. The van der Waals surface area contributed by atoms with Gasteiger partial charge in [0.15, 0.2) is 0 Å². The number of benzene rings is 1. The van der Waals surface area contributed by atoms with Gasteiger partial charge >= 0.3 is 0 Å². The lowest BCUT2D eigenvalue weighted by atomic mass is 9.96. The first kappa shape index (κ1) is 14.8. The molecule has 21 heavy (non-hydrogen) atoms. The summed E-state index contributed by atoms with van der Waals surface area (Å²) in [5.74, 6) is 0.674. The maximum Gasteiger partial charge on any atom is 0.0477 e. The lowest BCUT2D eigenvalue weighted by Crippen LogP contribution is -2.53. The van der Waals surface area contributed by atoms with Crippen LogP contribution in [0, 0.1) is 5.92 Å². The summed E-state index contributed by atoms with van der Waals surface area (Å²) in [6.45, 7) is 7.84. The van der Waals surface area contributed by atoms with E-state index in [9.17, 15) is 0 Å².